The van der Waals surface area contributed by atoms with Crippen molar-refractivity contribution in [1.82, 2.24) is 5.48 Å². The van der Waals surface area contributed by atoms with Gasteiger partial charge in [0.15, 0.2) is 0 Å². The summed E-state index contributed by atoms with van der Waals surface area (Å²) in [6.45, 7) is 2.77. The molecule has 1 rings (SSSR count). The molecule has 1 aromatic carbocycles. The third kappa shape index (κ3) is 4.10. The van der Waals surface area contributed by atoms with Crippen LogP contribution >= 0.6 is 0 Å². The number of hydroxylamine groups is 1. The molecular weight excluding hydrogens is 192 g/mol. The lowest BCUT2D eigenvalue weighted by Gasteiger charge is -2.05. The predicted molar refractivity (Wildman–Crippen MR) is 57.6 cm³/mol. The van der Waals surface area contributed by atoms with Crippen molar-refractivity contribution < 1.29 is 9.63 Å². The average molecular weight is 208 g/mol. The predicted octanol–water partition coefficient (Wildman–Crippen LogP) is 1.10. The molecule has 4 nitrogen and oxygen atoms in total. The van der Waals surface area contributed by atoms with Gasteiger partial charge in [0.1, 0.15) is 0 Å². The zero-order valence-corrected chi connectivity index (χ0v) is 8.82. The van der Waals surface area contributed by atoms with E-state index >= 15 is 0 Å². The standard InChI is InChI=1S/C11H16N2O2/c1-2-11(14)15-13-8-10-5-3-4-9(6-10)7-12/h3-6,13H,2,7-8,12H2,1H3. The quantitative estimate of drug-likeness (QED) is 0.711. The lowest BCUT2D eigenvalue weighted by molar-refractivity contribution is -0.151. The molecule has 1 aromatic rings. The van der Waals surface area contributed by atoms with Crippen molar-refractivity contribution >= 4 is 5.97 Å². The van der Waals surface area contributed by atoms with Crippen LogP contribution in [0, 0.1) is 0 Å². The smallest absolute Gasteiger partial charge is 0.324 e. The topological polar surface area (TPSA) is 64.3 Å². The second-order valence-corrected chi connectivity index (χ2v) is 3.17. The van der Waals surface area contributed by atoms with Crippen molar-refractivity contribution in [3.63, 3.8) is 0 Å². The first kappa shape index (κ1) is 11.7. The zero-order chi connectivity index (χ0) is 11.1. The minimum absolute atomic E-state index is 0.259. The fourth-order valence-electron chi connectivity index (χ4n) is 1.14. The molecule has 0 aliphatic carbocycles. The van der Waals surface area contributed by atoms with Crippen LogP contribution < -0.4 is 11.2 Å². The Labute approximate surface area is 89.4 Å². The Morgan fingerprint density at radius 1 is 1.47 bits per heavy atom. The fraction of sp³-hybridized carbons (Fsp3) is 0.364. The molecule has 0 aliphatic rings. The van der Waals surface area contributed by atoms with Crippen LogP contribution in [-0.2, 0) is 22.7 Å². The number of hydrogen-bond acceptors (Lipinski definition) is 4. The van der Waals surface area contributed by atoms with E-state index in [-0.39, 0.29) is 5.97 Å². The molecule has 0 fully saturated rings. The fourth-order valence-corrected chi connectivity index (χ4v) is 1.14. The largest absolute Gasteiger partial charge is 0.370 e. The van der Waals surface area contributed by atoms with E-state index in [2.05, 4.69) is 5.48 Å². The third-order valence-corrected chi connectivity index (χ3v) is 1.98. The van der Waals surface area contributed by atoms with E-state index in [1.807, 2.05) is 24.3 Å². The summed E-state index contributed by atoms with van der Waals surface area (Å²) in [6, 6.07) is 7.82. The summed E-state index contributed by atoms with van der Waals surface area (Å²) in [4.78, 5) is 15.6. The maximum absolute atomic E-state index is 10.8. The van der Waals surface area contributed by atoms with Crippen LogP contribution in [0.15, 0.2) is 24.3 Å². The van der Waals surface area contributed by atoms with Gasteiger partial charge in [-0.3, -0.25) is 4.79 Å². The molecule has 4 heteroatoms. The Morgan fingerprint density at radius 2 is 2.20 bits per heavy atom. The van der Waals surface area contributed by atoms with Crippen LogP contribution in [0.25, 0.3) is 0 Å². The van der Waals surface area contributed by atoms with E-state index in [4.69, 9.17) is 10.6 Å². The molecule has 0 aromatic heterocycles. The summed E-state index contributed by atoms with van der Waals surface area (Å²) in [5, 5.41) is 0. The number of nitrogens with one attached hydrogen (secondary N) is 1. The summed E-state index contributed by atoms with van der Waals surface area (Å²) in [6.07, 6.45) is 0.371. The van der Waals surface area contributed by atoms with Crippen LogP contribution in [-0.4, -0.2) is 5.97 Å². The van der Waals surface area contributed by atoms with Gasteiger partial charge in [-0.2, -0.15) is 0 Å². The lowest BCUT2D eigenvalue weighted by atomic mass is 10.1. The first-order valence-electron chi connectivity index (χ1n) is 4.96. The van der Waals surface area contributed by atoms with Gasteiger partial charge in [0.05, 0.1) is 6.54 Å². The van der Waals surface area contributed by atoms with Gasteiger partial charge in [-0.05, 0) is 11.1 Å². The molecule has 0 unspecified atom stereocenters. The van der Waals surface area contributed by atoms with Gasteiger partial charge in [0, 0.05) is 13.0 Å². The number of rotatable bonds is 5. The molecule has 0 saturated heterocycles. The van der Waals surface area contributed by atoms with Gasteiger partial charge in [0.25, 0.3) is 0 Å². The number of carbonyl (C=O) groups excluding carboxylic acids is 1. The highest BCUT2D eigenvalue weighted by Gasteiger charge is 1.98. The van der Waals surface area contributed by atoms with Gasteiger partial charge >= 0.3 is 5.97 Å². The van der Waals surface area contributed by atoms with Crippen LogP contribution in [0.4, 0.5) is 0 Å². The normalized spacial score (nSPS) is 10.0. The first-order valence-corrected chi connectivity index (χ1v) is 4.96. The summed E-state index contributed by atoms with van der Waals surface area (Å²) < 4.78 is 0. The van der Waals surface area contributed by atoms with Crippen LogP contribution in [0.1, 0.15) is 24.5 Å². The van der Waals surface area contributed by atoms with Crippen LogP contribution in [0.5, 0.6) is 0 Å². The first-order chi connectivity index (χ1) is 7.26. The molecule has 0 saturated carbocycles. The highest BCUT2D eigenvalue weighted by molar-refractivity contribution is 5.68. The van der Waals surface area contributed by atoms with Crippen molar-refractivity contribution in [3.8, 4) is 0 Å². The minimum atomic E-state index is -0.259. The van der Waals surface area contributed by atoms with Gasteiger partial charge in [-0.25, -0.2) is 0 Å². The van der Waals surface area contributed by atoms with Crippen molar-refractivity contribution in [2.24, 2.45) is 5.73 Å². The molecule has 0 heterocycles. The van der Waals surface area contributed by atoms with Gasteiger partial charge in [0.2, 0.25) is 0 Å². The minimum Gasteiger partial charge on any atom is -0.370 e. The Balaban J connectivity index is 2.40. The average Bonchev–Trinajstić information content (AvgIpc) is 2.29. The molecule has 82 valence electrons. The molecule has 0 radical (unpaired) electrons. The maximum atomic E-state index is 10.8. The second kappa shape index (κ2) is 6.16. The van der Waals surface area contributed by atoms with Crippen molar-refractivity contribution in [1.29, 1.82) is 0 Å². The Bertz CT molecular complexity index is 326. The maximum Gasteiger partial charge on any atom is 0.324 e. The van der Waals surface area contributed by atoms with Gasteiger partial charge in [-0.1, -0.05) is 31.2 Å². The molecule has 0 aliphatic heterocycles. The molecule has 0 amide bonds. The Morgan fingerprint density at radius 3 is 2.87 bits per heavy atom. The van der Waals surface area contributed by atoms with Crippen molar-refractivity contribution in [2.45, 2.75) is 26.4 Å². The third-order valence-electron chi connectivity index (χ3n) is 1.98. The number of nitrogens with two attached hydrogens (primary N) is 1. The molecule has 0 atom stereocenters. The zero-order valence-electron chi connectivity index (χ0n) is 8.82. The van der Waals surface area contributed by atoms with Crippen molar-refractivity contribution in [2.75, 3.05) is 0 Å². The summed E-state index contributed by atoms with van der Waals surface area (Å²) in [5.74, 6) is -0.259. The second-order valence-electron chi connectivity index (χ2n) is 3.17. The molecule has 0 spiro atoms. The van der Waals surface area contributed by atoms with E-state index in [1.165, 1.54) is 0 Å². The number of benzene rings is 1. The highest BCUT2D eigenvalue weighted by atomic mass is 16.7. The Kier molecular flexibility index (Phi) is 4.80. The Hall–Kier alpha value is -1.39. The number of carbonyl (C=O) groups is 1. The van der Waals surface area contributed by atoms with Gasteiger partial charge < -0.3 is 10.6 Å². The van der Waals surface area contributed by atoms with E-state index in [9.17, 15) is 4.79 Å². The van der Waals surface area contributed by atoms with Crippen molar-refractivity contribution in [3.05, 3.63) is 35.4 Å². The van der Waals surface area contributed by atoms with E-state index < -0.39 is 0 Å². The van der Waals surface area contributed by atoms with Crippen LogP contribution in [0.3, 0.4) is 0 Å². The molecular formula is C11H16N2O2. The molecule has 15 heavy (non-hydrogen) atoms. The summed E-state index contributed by atoms with van der Waals surface area (Å²) in [7, 11) is 0. The van der Waals surface area contributed by atoms with E-state index in [0.717, 1.165) is 11.1 Å². The lowest BCUT2D eigenvalue weighted by Crippen LogP contribution is -2.18. The molecule has 0 bridgehead atoms. The highest BCUT2D eigenvalue weighted by Crippen LogP contribution is 2.04. The van der Waals surface area contributed by atoms with Crippen LogP contribution in [0.2, 0.25) is 0 Å². The van der Waals surface area contributed by atoms with E-state index in [0.29, 0.717) is 19.5 Å². The van der Waals surface area contributed by atoms with E-state index in [1.54, 1.807) is 6.92 Å². The summed E-state index contributed by atoms with van der Waals surface area (Å²) >= 11 is 0. The molecule has 3 N–H and O–H groups in total. The monoisotopic (exact) mass is 208 g/mol. The van der Waals surface area contributed by atoms with Gasteiger partial charge in [-0.15, -0.1) is 5.48 Å². The summed E-state index contributed by atoms with van der Waals surface area (Å²) in [5.41, 5.74) is 10.2. The SMILES string of the molecule is CCC(=O)ONCc1cccc(CN)c1. The number of hydrogen-bond donors (Lipinski definition) is 2.